The summed E-state index contributed by atoms with van der Waals surface area (Å²) in [6.45, 7) is 9.45. The topological polar surface area (TPSA) is 80.2 Å². The lowest BCUT2D eigenvalue weighted by atomic mass is 10.0. The summed E-state index contributed by atoms with van der Waals surface area (Å²) < 4.78 is 2.00. The zero-order valence-corrected chi connectivity index (χ0v) is 15.3. The van der Waals surface area contributed by atoms with Gasteiger partial charge in [0.15, 0.2) is 0 Å². The second-order valence-corrected chi connectivity index (χ2v) is 6.29. The van der Waals surface area contributed by atoms with E-state index in [9.17, 15) is 5.11 Å². The summed E-state index contributed by atoms with van der Waals surface area (Å²) in [5.74, 6) is 1.26. The van der Waals surface area contributed by atoms with Gasteiger partial charge in [-0.25, -0.2) is 19.8 Å². The van der Waals surface area contributed by atoms with Gasteiger partial charge in [0.05, 0.1) is 24.2 Å². The van der Waals surface area contributed by atoms with Gasteiger partial charge < -0.3 is 15.0 Å². The summed E-state index contributed by atoms with van der Waals surface area (Å²) in [4.78, 5) is 16.4. The van der Waals surface area contributed by atoms with Crippen LogP contribution >= 0.6 is 0 Å². The molecule has 0 saturated carbocycles. The third-order valence-electron chi connectivity index (χ3n) is 4.48. The molecule has 0 unspecified atom stereocenters. The number of anilines is 2. The second kappa shape index (κ2) is 7.47. The lowest BCUT2D eigenvalue weighted by Crippen LogP contribution is -2.04. The number of rotatable bonds is 5. The van der Waals surface area contributed by atoms with Crippen LogP contribution in [0.3, 0.4) is 0 Å². The van der Waals surface area contributed by atoms with Gasteiger partial charge in [-0.3, -0.25) is 0 Å². The molecule has 7 heteroatoms. The molecule has 2 heterocycles. The molecule has 0 amide bonds. The van der Waals surface area contributed by atoms with Gasteiger partial charge in [-0.1, -0.05) is 30.3 Å². The molecule has 138 valence electrons. The van der Waals surface area contributed by atoms with E-state index in [1.54, 1.807) is 0 Å². The number of benzene rings is 2. The number of aliphatic hydroxyl groups excluding tert-OH is 1. The number of imidazole rings is 1. The fourth-order valence-corrected chi connectivity index (χ4v) is 3.20. The van der Waals surface area contributed by atoms with Gasteiger partial charge in [0.1, 0.15) is 5.82 Å². The van der Waals surface area contributed by atoms with Crippen molar-refractivity contribution in [3.63, 3.8) is 0 Å². The highest BCUT2D eigenvalue weighted by atomic mass is 16.3. The average molecular weight is 370 g/mol. The van der Waals surface area contributed by atoms with E-state index in [1.807, 2.05) is 54.0 Å². The van der Waals surface area contributed by atoms with Crippen molar-refractivity contribution in [1.82, 2.24) is 19.5 Å². The Morgan fingerprint density at radius 2 is 1.89 bits per heavy atom. The van der Waals surface area contributed by atoms with E-state index in [-0.39, 0.29) is 6.61 Å². The zero-order chi connectivity index (χ0) is 19.5. The van der Waals surface area contributed by atoms with Gasteiger partial charge in [-0.15, -0.1) is 0 Å². The van der Waals surface area contributed by atoms with Crippen LogP contribution in [-0.4, -0.2) is 31.2 Å². The lowest BCUT2D eigenvalue weighted by molar-refractivity contribution is 0.276. The standard InChI is InChI=1S/C21H18N6O/c1-14-25-20-18(15-6-4-3-5-7-15)10-16(11-19(20)27(14)8-9-28)26-21-23-12-17(22-2)13-24-21/h3-7,10-13,28H,8-9H2,1H3,(H,23,24,26). The number of fused-ring (bicyclic) bond motifs is 1. The summed E-state index contributed by atoms with van der Waals surface area (Å²) >= 11 is 0. The molecule has 2 N–H and O–H groups in total. The third kappa shape index (κ3) is 3.29. The second-order valence-electron chi connectivity index (χ2n) is 6.29. The third-order valence-corrected chi connectivity index (χ3v) is 4.48. The summed E-state index contributed by atoms with van der Waals surface area (Å²) in [5.41, 5.74) is 5.04. The van der Waals surface area contributed by atoms with Gasteiger partial charge >= 0.3 is 0 Å². The summed E-state index contributed by atoms with van der Waals surface area (Å²) in [6, 6.07) is 14.0. The van der Waals surface area contributed by atoms with Crippen LogP contribution in [0.1, 0.15) is 5.82 Å². The van der Waals surface area contributed by atoms with Crippen molar-refractivity contribution in [2.45, 2.75) is 13.5 Å². The van der Waals surface area contributed by atoms with Gasteiger partial charge in [0.2, 0.25) is 11.6 Å². The Bertz CT molecular complexity index is 1160. The fraction of sp³-hybridized carbons (Fsp3) is 0.143. The largest absolute Gasteiger partial charge is 0.395 e. The zero-order valence-electron chi connectivity index (χ0n) is 15.3. The highest BCUT2D eigenvalue weighted by molar-refractivity contribution is 5.96. The van der Waals surface area contributed by atoms with E-state index < -0.39 is 0 Å². The number of aromatic nitrogens is 4. The SMILES string of the molecule is [C-]#[N+]c1cnc(Nc2cc(-c3ccccc3)c3nc(C)n(CCO)c3c2)nc1. The minimum Gasteiger partial charge on any atom is -0.395 e. The smallest absolute Gasteiger partial charge is 0.224 e. The minimum atomic E-state index is 0.0336. The van der Waals surface area contributed by atoms with Crippen molar-refractivity contribution >= 4 is 28.4 Å². The Hall–Kier alpha value is -3.76. The lowest BCUT2D eigenvalue weighted by Gasteiger charge is -2.11. The van der Waals surface area contributed by atoms with Crippen LogP contribution in [0.5, 0.6) is 0 Å². The Balaban J connectivity index is 1.86. The Labute approximate surface area is 162 Å². The molecule has 0 atom stereocenters. The molecule has 0 radical (unpaired) electrons. The minimum absolute atomic E-state index is 0.0336. The van der Waals surface area contributed by atoms with Crippen LogP contribution < -0.4 is 5.32 Å². The molecule has 0 fully saturated rings. The molecular formula is C21H18N6O. The van der Waals surface area contributed by atoms with Gasteiger partial charge in [0.25, 0.3) is 0 Å². The molecule has 2 aromatic heterocycles. The first-order chi connectivity index (χ1) is 13.7. The van der Waals surface area contributed by atoms with E-state index in [0.29, 0.717) is 18.2 Å². The predicted molar refractivity (Wildman–Crippen MR) is 109 cm³/mol. The summed E-state index contributed by atoms with van der Waals surface area (Å²) in [6.07, 6.45) is 2.97. The monoisotopic (exact) mass is 370 g/mol. The fourth-order valence-electron chi connectivity index (χ4n) is 3.20. The van der Waals surface area contributed by atoms with Crippen LogP contribution in [0.15, 0.2) is 54.9 Å². The highest BCUT2D eigenvalue weighted by Gasteiger charge is 2.14. The number of hydrogen-bond donors (Lipinski definition) is 2. The molecule has 0 bridgehead atoms. The molecule has 28 heavy (non-hydrogen) atoms. The van der Waals surface area contributed by atoms with Crippen LogP contribution in [-0.2, 0) is 6.54 Å². The maximum absolute atomic E-state index is 9.45. The van der Waals surface area contributed by atoms with Crippen molar-refractivity contribution in [1.29, 1.82) is 0 Å². The normalized spacial score (nSPS) is 10.8. The number of aliphatic hydroxyl groups is 1. The maximum atomic E-state index is 9.45. The molecule has 0 aliphatic carbocycles. The van der Waals surface area contributed by atoms with Crippen molar-refractivity contribution < 1.29 is 5.11 Å². The first-order valence-corrected chi connectivity index (χ1v) is 8.83. The Kier molecular flexibility index (Phi) is 4.70. The predicted octanol–water partition coefficient (Wildman–Crippen LogP) is 4.09. The van der Waals surface area contributed by atoms with Gasteiger partial charge in [0, 0.05) is 30.2 Å². The first-order valence-electron chi connectivity index (χ1n) is 8.83. The Morgan fingerprint density at radius 1 is 1.14 bits per heavy atom. The molecule has 0 spiro atoms. The van der Waals surface area contributed by atoms with Crippen molar-refractivity contribution in [3.05, 3.63) is 72.1 Å². The molecular weight excluding hydrogens is 352 g/mol. The van der Waals surface area contributed by atoms with Crippen LogP contribution in [0.4, 0.5) is 17.3 Å². The molecule has 0 aliphatic heterocycles. The molecule has 4 rings (SSSR count). The quantitative estimate of drug-likeness (QED) is 0.517. The molecule has 2 aromatic carbocycles. The van der Waals surface area contributed by atoms with E-state index in [4.69, 9.17) is 11.6 Å². The average Bonchev–Trinajstić information content (AvgIpc) is 3.04. The first kappa shape index (κ1) is 17.6. The van der Waals surface area contributed by atoms with E-state index in [2.05, 4.69) is 20.1 Å². The number of aryl methyl sites for hydroxylation is 1. The van der Waals surface area contributed by atoms with Gasteiger partial charge in [-0.05, 0) is 24.6 Å². The Morgan fingerprint density at radius 3 is 2.57 bits per heavy atom. The van der Waals surface area contributed by atoms with E-state index in [1.165, 1.54) is 12.4 Å². The maximum Gasteiger partial charge on any atom is 0.224 e. The molecule has 7 nitrogen and oxygen atoms in total. The van der Waals surface area contributed by atoms with E-state index in [0.717, 1.165) is 33.7 Å². The summed E-state index contributed by atoms with van der Waals surface area (Å²) in [5, 5.41) is 12.7. The van der Waals surface area contributed by atoms with Crippen LogP contribution in [0, 0.1) is 13.5 Å². The van der Waals surface area contributed by atoms with Gasteiger partial charge in [-0.2, -0.15) is 0 Å². The van der Waals surface area contributed by atoms with E-state index >= 15 is 0 Å². The van der Waals surface area contributed by atoms with Crippen LogP contribution in [0.25, 0.3) is 27.0 Å². The number of hydrogen-bond acceptors (Lipinski definition) is 5. The van der Waals surface area contributed by atoms with Crippen LogP contribution in [0.2, 0.25) is 0 Å². The molecule has 4 aromatic rings. The van der Waals surface area contributed by atoms with Crippen molar-refractivity contribution in [2.75, 3.05) is 11.9 Å². The van der Waals surface area contributed by atoms with Crippen molar-refractivity contribution in [3.8, 4) is 11.1 Å². The number of nitrogens with zero attached hydrogens (tertiary/aromatic N) is 5. The van der Waals surface area contributed by atoms with Crippen molar-refractivity contribution in [2.24, 2.45) is 0 Å². The number of nitrogens with one attached hydrogen (secondary N) is 1. The molecule has 0 aliphatic rings. The molecule has 0 saturated heterocycles. The highest BCUT2D eigenvalue weighted by Crippen LogP contribution is 2.33. The summed E-state index contributed by atoms with van der Waals surface area (Å²) in [7, 11) is 0.